The van der Waals surface area contributed by atoms with Crippen LogP contribution in [0.25, 0.3) is 21.5 Å². The van der Waals surface area contributed by atoms with E-state index >= 15 is 8.78 Å². The molecule has 2 aromatic heterocycles. The van der Waals surface area contributed by atoms with Crippen LogP contribution in [0, 0.1) is 69.8 Å². The molecule has 0 unspecified atom stereocenters. The minimum Gasteiger partial charge on any atom is -0.491 e. The second-order valence-corrected chi connectivity index (χ2v) is 38.6. The highest BCUT2D eigenvalue weighted by molar-refractivity contribution is 7.91. The monoisotopic (exact) mass is 1670 g/mol. The Balaban J connectivity index is 0.000000228. The quantitative estimate of drug-likeness (QED) is 0.0419. The molecule has 0 radical (unpaired) electrons. The van der Waals surface area contributed by atoms with Crippen molar-refractivity contribution >= 4 is 88.7 Å². The van der Waals surface area contributed by atoms with Gasteiger partial charge in [0.25, 0.3) is 11.8 Å². The van der Waals surface area contributed by atoms with E-state index in [9.17, 15) is 72.8 Å². The Labute approximate surface area is 673 Å². The summed E-state index contributed by atoms with van der Waals surface area (Å²) in [6.07, 6.45) is 12.7. The Morgan fingerprint density at radius 3 is 1.24 bits per heavy atom. The van der Waals surface area contributed by atoms with Crippen LogP contribution in [0.15, 0.2) is 73.1 Å². The number of rotatable bonds is 22. The van der Waals surface area contributed by atoms with Gasteiger partial charge in [-0.3, -0.25) is 47.8 Å². The number of Topliss-reactive ketones (excluding diaryl/α,β-unsaturated/α-hetero) is 2. The second-order valence-electron chi connectivity index (χ2n) is 34.7. The van der Waals surface area contributed by atoms with E-state index in [2.05, 4.69) is 19.4 Å². The number of ether oxygens (including phenoxy) is 6. The summed E-state index contributed by atoms with van der Waals surface area (Å²) in [7, 11) is -7.87. The Hall–Kier alpha value is -8.42. The van der Waals surface area contributed by atoms with Crippen LogP contribution in [0.4, 0.5) is 26.3 Å². The molecular formula is C84H108F6N6O18S2. The third kappa shape index (κ3) is 20.1. The van der Waals surface area contributed by atoms with Crippen LogP contribution in [0.2, 0.25) is 0 Å². The average Bonchev–Trinajstić information content (AvgIpc) is 1.57. The highest BCUT2D eigenvalue weighted by Gasteiger charge is 2.64. The lowest BCUT2D eigenvalue weighted by atomic mass is 9.82. The van der Waals surface area contributed by atoms with E-state index in [1.807, 2.05) is 38.2 Å². The van der Waals surface area contributed by atoms with Crippen molar-refractivity contribution in [1.82, 2.24) is 29.2 Å². The highest BCUT2D eigenvalue weighted by Crippen LogP contribution is 2.59. The number of alkyl halides is 4. The molecule has 4 aliphatic heterocycles. The number of ketones is 2. The molecule has 0 bridgehead atoms. The third-order valence-electron chi connectivity index (χ3n) is 24.7. The molecule has 2 N–H and O–H groups in total. The van der Waals surface area contributed by atoms with E-state index in [1.54, 1.807) is 39.8 Å². The zero-order valence-corrected chi connectivity index (χ0v) is 69.4. The molecule has 116 heavy (non-hydrogen) atoms. The summed E-state index contributed by atoms with van der Waals surface area (Å²) >= 11 is 0. The van der Waals surface area contributed by atoms with Gasteiger partial charge in [-0.05, 0) is 201 Å². The van der Waals surface area contributed by atoms with Gasteiger partial charge in [-0.1, -0.05) is 52.0 Å². The number of amides is 4. The molecule has 14 atom stereocenters. The van der Waals surface area contributed by atoms with Crippen molar-refractivity contribution in [2.75, 3.05) is 26.3 Å². The van der Waals surface area contributed by atoms with Gasteiger partial charge in [0.05, 0.1) is 84.4 Å². The Bertz CT molecular complexity index is 4430. The van der Waals surface area contributed by atoms with Crippen LogP contribution in [-0.2, 0) is 67.9 Å². The first kappa shape index (κ1) is 88.4. The normalized spacial score (nSPS) is 29.1. The number of allylic oxidation sites excluding steroid dienone is 4. The maximum atomic E-state index is 15.1. The van der Waals surface area contributed by atoms with Crippen molar-refractivity contribution in [2.45, 2.75) is 256 Å². The molecule has 6 heterocycles. The number of pyridine rings is 2. The predicted octanol–water partition coefficient (Wildman–Crippen LogP) is 13.4. The van der Waals surface area contributed by atoms with Crippen molar-refractivity contribution in [1.29, 1.82) is 0 Å². The van der Waals surface area contributed by atoms with Gasteiger partial charge in [-0.25, -0.2) is 53.1 Å². The van der Waals surface area contributed by atoms with Crippen molar-refractivity contribution < 1.29 is 110 Å². The number of hydrogen-bond acceptors (Lipinski definition) is 20. The summed E-state index contributed by atoms with van der Waals surface area (Å²) in [5, 5.41) is 0.455. The molecule has 4 amide bonds. The summed E-state index contributed by atoms with van der Waals surface area (Å²) in [5.74, 6) is -17.4. The van der Waals surface area contributed by atoms with Gasteiger partial charge in [-0.2, -0.15) is 0 Å². The van der Waals surface area contributed by atoms with Crippen LogP contribution in [0.5, 0.6) is 23.3 Å². The average molecular weight is 1670 g/mol. The Morgan fingerprint density at radius 1 is 0.543 bits per heavy atom. The number of nitrogens with one attached hydrogen (secondary N) is 2. The Morgan fingerprint density at radius 2 is 0.905 bits per heavy atom. The van der Waals surface area contributed by atoms with Gasteiger partial charge >= 0.3 is 11.9 Å². The lowest BCUT2D eigenvalue weighted by molar-refractivity contribution is -0.197. The first-order chi connectivity index (χ1) is 54.3. The maximum Gasteiger partial charge on any atom is 0.307 e. The topological polar surface area (TPSA) is 317 Å². The zero-order valence-electron chi connectivity index (χ0n) is 67.8. The van der Waals surface area contributed by atoms with Crippen LogP contribution >= 0.6 is 0 Å². The smallest absolute Gasteiger partial charge is 0.307 e. The van der Waals surface area contributed by atoms with Crippen LogP contribution in [-0.4, -0.2) is 168 Å². The van der Waals surface area contributed by atoms with Gasteiger partial charge in [0.1, 0.15) is 12.2 Å². The number of carbonyl (C=O) groups is 8. The summed E-state index contributed by atoms with van der Waals surface area (Å²) in [6.45, 7) is 16.9. The first-order valence-electron chi connectivity index (χ1n) is 40.4. The molecule has 8 aliphatic rings. The molecular weight excluding hydrogens is 1560 g/mol. The summed E-state index contributed by atoms with van der Waals surface area (Å²) in [4.78, 5) is 125. The molecule has 6 fully saturated rings. The van der Waals surface area contributed by atoms with Crippen LogP contribution in [0.1, 0.15) is 199 Å². The molecule has 636 valence electrons. The van der Waals surface area contributed by atoms with E-state index < -0.39 is 196 Å². The fourth-order valence-corrected chi connectivity index (χ4v) is 19.3. The molecule has 0 spiro atoms. The summed E-state index contributed by atoms with van der Waals surface area (Å²) in [5.41, 5.74) is -7.07. The van der Waals surface area contributed by atoms with E-state index in [0.29, 0.717) is 99.6 Å². The van der Waals surface area contributed by atoms with Crippen molar-refractivity contribution in [3.8, 4) is 23.3 Å². The fourth-order valence-electron chi connectivity index (χ4n) is 16.5. The molecule has 2 aromatic carbocycles. The number of hydrogen-bond donors (Lipinski definition) is 2. The molecule has 24 nitrogen and oxygen atoms in total. The zero-order chi connectivity index (χ0) is 84.7. The minimum atomic E-state index is -3.93. The fraction of sp³-hybridized carbons (Fsp3) is 0.643. The van der Waals surface area contributed by atoms with Gasteiger partial charge in [0.2, 0.25) is 55.4 Å². The number of fused-ring (bicyclic) bond motifs is 6. The number of halogens is 6. The minimum absolute atomic E-state index is 0.0466. The van der Waals surface area contributed by atoms with Crippen LogP contribution in [0.3, 0.4) is 0 Å². The molecule has 4 aliphatic carbocycles. The molecule has 4 aromatic rings. The van der Waals surface area contributed by atoms with Gasteiger partial charge in [-0.15, -0.1) is 0 Å². The number of sulfonamides is 2. The number of carbonyl (C=O) groups excluding carboxylic acids is 8. The lowest BCUT2D eigenvalue weighted by Gasteiger charge is -2.34. The van der Waals surface area contributed by atoms with Crippen molar-refractivity contribution in [3.05, 3.63) is 84.7 Å². The van der Waals surface area contributed by atoms with Gasteiger partial charge in [0, 0.05) is 62.7 Å². The predicted molar refractivity (Wildman–Crippen MR) is 416 cm³/mol. The number of benzene rings is 2. The maximum absolute atomic E-state index is 15.1. The van der Waals surface area contributed by atoms with Crippen molar-refractivity contribution in [3.63, 3.8) is 0 Å². The van der Waals surface area contributed by atoms with E-state index in [1.165, 1.54) is 46.5 Å². The van der Waals surface area contributed by atoms with Gasteiger partial charge < -0.3 is 38.2 Å². The summed E-state index contributed by atoms with van der Waals surface area (Å²) in [6, 6.07) is 6.48. The third-order valence-corrected chi connectivity index (χ3v) is 28.3. The highest BCUT2D eigenvalue weighted by atomic mass is 32.2. The SMILES string of the molecule is CCOc1cc2ccnc(O[C@@H]3C[C@H]4C(=O)C[C@]5(C(=O)NS(=O)(=O)C6CC6)C[C@H]5/C=C\CC[C@@H](C)C[C@@H](C)[C@H](CC(=O)OC(C)(C)C(C)(F)F)C(=O)N4C3)c2cc1F.CCOc1cc2ccnc(O[C@@H]3C[C@H]4C(=O)C[C@]5(C(=O)NS(=O)(=O)C6CC6)C[C@H]5/C=C\CC[C@H](C)C[C@@H](C)[C@H](CC(=O)OC(C)(C)C(C)(F)F)C(=O)N4C3)c2cc1F. The van der Waals surface area contributed by atoms with Crippen LogP contribution < -0.4 is 28.4 Å². The molecule has 12 rings (SSSR count). The molecule has 2 saturated heterocycles. The number of aromatic nitrogens is 2. The molecule has 32 heteroatoms. The number of nitrogens with zero attached hydrogens (tertiary/aromatic N) is 4. The lowest BCUT2D eigenvalue weighted by Crippen LogP contribution is -2.48. The van der Waals surface area contributed by atoms with E-state index in [4.69, 9.17) is 28.4 Å². The second kappa shape index (κ2) is 34.5. The Kier molecular flexibility index (Phi) is 26.3. The van der Waals surface area contributed by atoms with Gasteiger partial charge in [0.15, 0.2) is 45.9 Å². The summed E-state index contributed by atoms with van der Waals surface area (Å²) < 4.78 is 178. The number of esters is 2. The molecule has 4 saturated carbocycles. The standard InChI is InChI=1S/2C42H54F3N3O9S/c2*1-7-55-35-17-26-14-15-46-37(31(26)19-32(35)43)56-28-18-33-34(49)22-42(39(52)47-58(53,54)29-12-13-29)21-27(42)11-9-8-10-24(2)16-25(3)30(38(51)48(33)23-28)20-36(50)57-40(4,5)41(6,44)45/h2*9,11,14-15,17,19,24-25,27-30,33H,7-8,10,12-13,16,18,20-23H2,1-6H3,(H,47,52)/b2*11-9-/t24-,25+,27+,28+,30-,33-,42+;24-,25-,27-,28-,30+,33+,42-/m01/s1. The first-order valence-corrected chi connectivity index (χ1v) is 43.5. The van der Waals surface area contributed by atoms with E-state index in [-0.39, 0.29) is 99.9 Å². The van der Waals surface area contributed by atoms with Crippen molar-refractivity contribution in [2.24, 2.45) is 58.2 Å². The van der Waals surface area contributed by atoms with E-state index in [0.717, 1.165) is 27.7 Å². The largest absolute Gasteiger partial charge is 0.491 e.